The molecule has 3 nitrogen and oxygen atoms in total. The Kier molecular flexibility index (Phi) is 4.22. The Morgan fingerprint density at radius 2 is 1.94 bits per heavy atom. The smallest absolute Gasteiger partial charge is 0.239 e. The van der Waals surface area contributed by atoms with E-state index in [0.717, 1.165) is 31.8 Å². The minimum absolute atomic E-state index is 0.105. The summed E-state index contributed by atoms with van der Waals surface area (Å²) in [5.74, 6) is 1.06. The molecule has 1 aliphatic heterocycles. The third-order valence-corrected chi connectivity index (χ3v) is 3.99. The summed E-state index contributed by atoms with van der Waals surface area (Å²) in [7, 11) is 1.97. The van der Waals surface area contributed by atoms with Crippen LogP contribution in [0.3, 0.4) is 0 Å². The maximum Gasteiger partial charge on any atom is 0.239 e. The van der Waals surface area contributed by atoms with Crippen LogP contribution in [-0.4, -0.2) is 37.0 Å². The summed E-state index contributed by atoms with van der Waals surface area (Å²) in [6.45, 7) is 1.98. The fourth-order valence-corrected chi connectivity index (χ4v) is 3.01. The average Bonchev–Trinajstić information content (AvgIpc) is 2.83. The van der Waals surface area contributed by atoms with Crippen molar-refractivity contribution in [3.8, 4) is 0 Å². The minimum Gasteiger partial charge on any atom is -0.344 e. The SMILES string of the molecule is CN(CC1CCCCC1)C(=O)[C@@H]1CCCN1. The van der Waals surface area contributed by atoms with Crippen molar-refractivity contribution in [2.75, 3.05) is 20.1 Å². The second-order valence-electron chi connectivity index (χ2n) is 5.37. The van der Waals surface area contributed by atoms with Gasteiger partial charge >= 0.3 is 0 Å². The molecule has 92 valence electrons. The summed E-state index contributed by atoms with van der Waals surface area (Å²) in [6, 6.07) is 0.105. The molecule has 0 radical (unpaired) electrons. The molecule has 0 spiro atoms. The third-order valence-electron chi connectivity index (χ3n) is 3.99. The molecule has 1 aliphatic carbocycles. The lowest BCUT2D eigenvalue weighted by Crippen LogP contribution is -2.43. The number of nitrogens with one attached hydrogen (secondary N) is 1. The number of nitrogens with zero attached hydrogens (tertiary/aromatic N) is 1. The van der Waals surface area contributed by atoms with Crippen molar-refractivity contribution in [3.05, 3.63) is 0 Å². The van der Waals surface area contributed by atoms with Crippen LogP contribution >= 0.6 is 0 Å². The van der Waals surface area contributed by atoms with Crippen molar-refractivity contribution in [2.45, 2.75) is 51.0 Å². The summed E-state index contributed by atoms with van der Waals surface area (Å²) >= 11 is 0. The fourth-order valence-electron chi connectivity index (χ4n) is 3.01. The van der Waals surface area contributed by atoms with Crippen molar-refractivity contribution in [1.82, 2.24) is 10.2 Å². The fraction of sp³-hybridized carbons (Fsp3) is 0.923. The molecular weight excluding hydrogens is 200 g/mol. The van der Waals surface area contributed by atoms with Crippen molar-refractivity contribution >= 4 is 5.91 Å². The van der Waals surface area contributed by atoms with E-state index < -0.39 is 0 Å². The van der Waals surface area contributed by atoms with Crippen molar-refractivity contribution in [1.29, 1.82) is 0 Å². The first-order valence-corrected chi connectivity index (χ1v) is 6.76. The second kappa shape index (κ2) is 5.67. The van der Waals surface area contributed by atoms with Crippen LogP contribution in [0.25, 0.3) is 0 Å². The number of hydrogen-bond acceptors (Lipinski definition) is 2. The Morgan fingerprint density at radius 3 is 2.56 bits per heavy atom. The highest BCUT2D eigenvalue weighted by atomic mass is 16.2. The number of amides is 1. The molecule has 2 fully saturated rings. The van der Waals surface area contributed by atoms with Crippen LogP contribution in [-0.2, 0) is 4.79 Å². The zero-order valence-electron chi connectivity index (χ0n) is 10.4. The molecule has 1 saturated heterocycles. The molecule has 16 heavy (non-hydrogen) atoms. The van der Waals surface area contributed by atoms with Gasteiger partial charge in [-0.2, -0.15) is 0 Å². The Balaban J connectivity index is 1.77. The lowest BCUT2D eigenvalue weighted by molar-refractivity contribution is -0.132. The highest BCUT2D eigenvalue weighted by Gasteiger charge is 2.26. The van der Waals surface area contributed by atoms with Crippen molar-refractivity contribution < 1.29 is 4.79 Å². The van der Waals surface area contributed by atoms with Gasteiger partial charge in [0.2, 0.25) is 5.91 Å². The molecule has 0 bridgehead atoms. The average molecular weight is 224 g/mol. The van der Waals surface area contributed by atoms with Gasteiger partial charge < -0.3 is 10.2 Å². The van der Waals surface area contributed by atoms with Crippen LogP contribution in [0, 0.1) is 5.92 Å². The standard InChI is InChI=1S/C13H24N2O/c1-15(10-11-6-3-2-4-7-11)13(16)12-8-5-9-14-12/h11-12,14H,2-10H2,1H3/t12-/m0/s1. The first kappa shape index (κ1) is 11.9. The Labute approximate surface area is 98.6 Å². The van der Waals surface area contributed by atoms with E-state index in [4.69, 9.17) is 0 Å². The highest BCUT2D eigenvalue weighted by Crippen LogP contribution is 2.24. The molecule has 2 rings (SSSR count). The Hall–Kier alpha value is -0.570. The maximum absolute atomic E-state index is 12.1. The first-order valence-electron chi connectivity index (χ1n) is 6.76. The lowest BCUT2D eigenvalue weighted by Gasteiger charge is -2.28. The summed E-state index contributed by atoms with van der Waals surface area (Å²) in [6.07, 6.45) is 8.90. The van der Waals surface area contributed by atoms with Gasteiger partial charge in [0, 0.05) is 13.6 Å². The van der Waals surface area contributed by atoms with Crippen LogP contribution in [0.2, 0.25) is 0 Å². The van der Waals surface area contributed by atoms with Crippen LogP contribution < -0.4 is 5.32 Å². The normalized spacial score (nSPS) is 26.9. The van der Waals surface area contributed by atoms with Gasteiger partial charge in [-0.15, -0.1) is 0 Å². The quantitative estimate of drug-likeness (QED) is 0.792. The number of carbonyl (C=O) groups excluding carboxylic acids is 1. The molecule has 1 N–H and O–H groups in total. The molecule has 0 aromatic rings. The molecule has 1 amide bonds. The molecule has 1 saturated carbocycles. The number of hydrogen-bond donors (Lipinski definition) is 1. The number of rotatable bonds is 3. The molecule has 1 atom stereocenters. The molecule has 1 heterocycles. The minimum atomic E-state index is 0.105. The van der Waals surface area contributed by atoms with Gasteiger partial charge in [-0.3, -0.25) is 4.79 Å². The summed E-state index contributed by atoms with van der Waals surface area (Å²) in [5, 5.41) is 3.28. The Bertz CT molecular complexity index is 230. The second-order valence-corrected chi connectivity index (χ2v) is 5.37. The van der Waals surface area contributed by atoms with E-state index in [0.29, 0.717) is 5.91 Å². The number of likely N-dealkylation sites (N-methyl/N-ethyl adjacent to an activating group) is 1. The van der Waals surface area contributed by atoms with E-state index >= 15 is 0 Å². The van der Waals surface area contributed by atoms with Crippen LogP contribution in [0.4, 0.5) is 0 Å². The van der Waals surface area contributed by atoms with Gasteiger partial charge in [-0.05, 0) is 38.1 Å². The van der Waals surface area contributed by atoms with Crippen LogP contribution in [0.5, 0.6) is 0 Å². The lowest BCUT2D eigenvalue weighted by atomic mass is 9.89. The van der Waals surface area contributed by atoms with Gasteiger partial charge in [-0.25, -0.2) is 0 Å². The molecule has 0 unspecified atom stereocenters. The summed E-state index contributed by atoms with van der Waals surface area (Å²) < 4.78 is 0. The molecule has 3 heteroatoms. The van der Waals surface area contributed by atoms with E-state index in [1.165, 1.54) is 32.1 Å². The molecule has 0 aromatic heterocycles. The third kappa shape index (κ3) is 2.97. The van der Waals surface area contributed by atoms with Gasteiger partial charge in [0.25, 0.3) is 0 Å². The predicted molar refractivity (Wildman–Crippen MR) is 65.2 cm³/mol. The molecule has 0 aromatic carbocycles. The van der Waals surface area contributed by atoms with E-state index in [9.17, 15) is 4.79 Å². The van der Waals surface area contributed by atoms with Crippen molar-refractivity contribution in [2.24, 2.45) is 5.92 Å². The van der Waals surface area contributed by atoms with E-state index in [1.807, 2.05) is 11.9 Å². The zero-order valence-corrected chi connectivity index (χ0v) is 10.4. The van der Waals surface area contributed by atoms with Gasteiger partial charge in [-0.1, -0.05) is 19.3 Å². The van der Waals surface area contributed by atoms with Gasteiger partial charge in [0.1, 0.15) is 0 Å². The highest BCUT2D eigenvalue weighted by molar-refractivity contribution is 5.81. The summed E-state index contributed by atoms with van der Waals surface area (Å²) in [5.41, 5.74) is 0. The van der Waals surface area contributed by atoms with E-state index in [1.54, 1.807) is 0 Å². The molecular formula is C13H24N2O. The largest absolute Gasteiger partial charge is 0.344 e. The van der Waals surface area contributed by atoms with Gasteiger partial charge in [0.15, 0.2) is 0 Å². The molecule has 2 aliphatic rings. The topological polar surface area (TPSA) is 32.3 Å². The van der Waals surface area contributed by atoms with Crippen LogP contribution in [0.15, 0.2) is 0 Å². The maximum atomic E-state index is 12.1. The van der Waals surface area contributed by atoms with E-state index in [2.05, 4.69) is 5.32 Å². The first-order chi connectivity index (χ1) is 7.77. The number of carbonyl (C=O) groups is 1. The summed E-state index contributed by atoms with van der Waals surface area (Å²) in [4.78, 5) is 14.0. The van der Waals surface area contributed by atoms with E-state index in [-0.39, 0.29) is 6.04 Å². The zero-order chi connectivity index (χ0) is 11.4. The predicted octanol–water partition coefficient (Wildman–Crippen LogP) is 1.78. The van der Waals surface area contributed by atoms with Crippen molar-refractivity contribution in [3.63, 3.8) is 0 Å². The Morgan fingerprint density at radius 1 is 1.19 bits per heavy atom. The van der Waals surface area contributed by atoms with Gasteiger partial charge in [0.05, 0.1) is 6.04 Å². The monoisotopic (exact) mass is 224 g/mol. The van der Waals surface area contributed by atoms with Crippen LogP contribution in [0.1, 0.15) is 44.9 Å².